The van der Waals surface area contributed by atoms with Crippen LogP contribution < -0.4 is 15.4 Å². The second-order valence-electron chi connectivity index (χ2n) is 5.38. The molecule has 0 fully saturated rings. The summed E-state index contributed by atoms with van der Waals surface area (Å²) in [4.78, 5) is 11.5. The number of anilines is 1. The van der Waals surface area contributed by atoms with Crippen LogP contribution in [0.15, 0.2) is 18.2 Å². The van der Waals surface area contributed by atoms with Gasteiger partial charge in [-0.1, -0.05) is 0 Å². The number of alkyl carbamates (subject to hydrolysis) is 1. The Labute approximate surface area is 125 Å². The van der Waals surface area contributed by atoms with Gasteiger partial charge in [0.15, 0.2) is 0 Å². The Morgan fingerprint density at radius 1 is 1.33 bits per heavy atom. The topological polar surface area (TPSA) is 83.4 Å². The van der Waals surface area contributed by atoms with Gasteiger partial charge in [-0.3, -0.25) is 0 Å². The van der Waals surface area contributed by atoms with Crippen LogP contribution in [-0.4, -0.2) is 31.9 Å². The minimum atomic E-state index is -0.506. The van der Waals surface area contributed by atoms with Crippen molar-refractivity contribution in [1.29, 1.82) is 5.26 Å². The Bertz CT molecular complexity index is 530. The Balaban J connectivity index is 2.43. The highest BCUT2D eigenvalue weighted by molar-refractivity contribution is 5.67. The first kappa shape index (κ1) is 16.6. The summed E-state index contributed by atoms with van der Waals surface area (Å²) >= 11 is 0. The molecule has 0 aliphatic heterocycles. The maximum absolute atomic E-state index is 11.5. The Morgan fingerprint density at radius 2 is 2.05 bits per heavy atom. The fourth-order valence-electron chi connectivity index (χ4n) is 1.58. The highest BCUT2D eigenvalue weighted by Gasteiger charge is 2.15. The van der Waals surface area contributed by atoms with Gasteiger partial charge in [0.25, 0.3) is 0 Å². The van der Waals surface area contributed by atoms with Crippen molar-refractivity contribution in [2.45, 2.75) is 26.4 Å². The minimum absolute atomic E-state index is 0.415. The number of rotatable bonds is 5. The molecule has 0 saturated heterocycles. The fraction of sp³-hybridized carbons (Fsp3) is 0.467. The van der Waals surface area contributed by atoms with Crippen molar-refractivity contribution in [2.75, 3.05) is 25.5 Å². The molecule has 0 aliphatic carbocycles. The predicted molar refractivity (Wildman–Crippen MR) is 80.4 cm³/mol. The molecule has 0 heterocycles. The van der Waals surface area contributed by atoms with Gasteiger partial charge in [0, 0.05) is 19.2 Å². The largest absolute Gasteiger partial charge is 0.495 e. The average Bonchev–Trinajstić information content (AvgIpc) is 2.41. The van der Waals surface area contributed by atoms with Gasteiger partial charge in [0.05, 0.1) is 24.4 Å². The molecule has 0 atom stereocenters. The number of nitrogens with zero attached hydrogens (tertiary/aromatic N) is 1. The van der Waals surface area contributed by atoms with Crippen molar-refractivity contribution in [1.82, 2.24) is 5.32 Å². The number of methoxy groups -OCH3 is 1. The van der Waals surface area contributed by atoms with E-state index in [1.165, 1.54) is 0 Å². The molecule has 0 aliphatic rings. The summed E-state index contributed by atoms with van der Waals surface area (Å²) in [7, 11) is 1.54. The van der Waals surface area contributed by atoms with Gasteiger partial charge >= 0.3 is 6.09 Å². The van der Waals surface area contributed by atoms with Gasteiger partial charge in [0.1, 0.15) is 11.4 Å². The maximum atomic E-state index is 11.5. The van der Waals surface area contributed by atoms with Crippen LogP contribution >= 0.6 is 0 Å². The summed E-state index contributed by atoms with van der Waals surface area (Å²) in [5, 5.41) is 14.6. The van der Waals surface area contributed by atoms with Crippen LogP contribution in [0.2, 0.25) is 0 Å². The molecule has 1 aromatic rings. The summed E-state index contributed by atoms with van der Waals surface area (Å²) in [6.07, 6.45) is -0.448. The molecule has 2 N–H and O–H groups in total. The van der Waals surface area contributed by atoms with Crippen LogP contribution in [0, 0.1) is 11.3 Å². The standard InChI is InChI=1S/C15H21N3O3/c1-15(2,3)21-14(19)18-8-7-17-12-6-5-11(10-16)9-13(12)20-4/h5-6,9,17H,7-8H2,1-4H3,(H,18,19). The van der Waals surface area contributed by atoms with Crippen molar-refractivity contribution in [3.8, 4) is 11.8 Å². The van der Waals surface area contributed by atoms with E-state index in [1.54, 1.807) is 25.3 Å². The van der Waals surface area contributed by atoms with E-state index in [2.05, 4.69) is 16.7 Å². The average molecular weight is 291 g/mol. The molecule has 0 aromatic heterocycles. The van der Waals surface area contributed by atoms with Crippen molar-refractivity contribution in [3.63, 3.8) is 0 Å². The molecule has 6 nitrogen and oxygen atoms in total. The molecule has 1 amide bonds. The molecule has 0 bridgehead atoms. The van der Waals surface area contributed by atoms with Crippen LogP contribution in [-0.2, 0) is 4.74 Å². The van der Waals surface area contributed by atoms with E-state index in [0.29, 0.717) is 24.4 Å². The predicted octanol–water partition coefficient (Wildman–Crippen LogP) is 2.50. The smallest absolute Gasteiger partial charge is 0.407 e. The third kappa shape index (κ3) is 6.04. The fourth-order valence-corrected chi connectivity index (χ4v) is 1.58. The molecule has 6 heteroatoms. The minimum Gasteiger partial charge on any atom is -0.495 e. The van der Waals surface area contributed by atoms with E-state index < -0.39 is 11.7 Å². The van der Waals surface area contributed by atoms with E-state index in [9.17, 15) is 4.79 Å². The van der Waals surface area contributed by atoms with Crippen LogP contribution in [0.5, 0.6) is 5.75 Å². The maximum Gasteiger partial charge on any atom is 0.407 e. The van der Waals surface area contributed by atoms with E-state index in [0.717, 1.165) is 5.69 Å². The lowest BCUT2D eigenvalue weighted by atomic mass is 10.2. The first-order valence-corrected chi connectivity index (χ1v) is 6.64. The van der Waals surface area contributed by atoms with Crippen molar-refractivity contribution < 1.29 is 14.3 Å². The molecule has 114 valence electrons. The highest BCUT2D eigenvalue weighted by Crippen LogP contribution is 2.24. The number of carbonyl (C=O) groups is 1. The van der Waals surface area contributed by atoms with E-state index >= 15 is 0 Å². The highest BCUT2D eigenvalue weighted by atomic mass is 16.6. The van der Waals surface area contributed by atoms with E-state index in [-0.39, 0.29) is 0 Å². The summed E-state index contributed by atoms with van der Waals surface area (Å²) in [5.41, 5.74) is 0.792. The SMILES string of the molecule is COc1cc(C#N)ccc1NCCNC(=O)OC(C)(C)C. The Kier molecular flexibility index (Phi) is 5.85. The number of carbonyl (C=O) groups excluding carboxylic acids is 1. The third-order valence-corrected chi connectivity index (χ3v) is 2.44. The first-order chi connectivity index (χ1) is 9.85. The first-order valence-electron chi connectivity index (χ1n) is 6.64. The lowest BCUT2D eigenvalue weighted by Crippen LogP contribution is -2.35. The lowest BCUT2D eigenvalue weighted by molar-refractivity contribution is 0.0530. The molecule has 0 saturated carbocycles. The normalized spacial score (nSPS) is 10.4. The van der Waals surface area contributed by atoms with Gasteiger partial charge in [-0.25, -0.2) is 4.79 Å². The summed E-state index contributed by atoms with van der Waals surface area (Å²) in [5.74, 6) is 0.589. The van der Waals surface area contributed by atoms with E-state index in [1.807, 2.05) is 20.8 Å². The van der Waals surface area contributed by atoms with Crippen molar-refractivity contribution in [3.05, 3.63) is 23.8 Å². The Morgan fingerprint density at radius 3 is 2.62 bits per heavy atom. The summed E-state index contributed by atoms with van der Waals surface area (Å²) < 4.78 is 10.3. The van der Waals surface area contributed by atoms with Crippen LogP contribution in [0.3, 0.4) is 0 Å². The van der Waals surface area contributed by atoms with Crippen molar-refractivity contribution in [2.24, 2.45) is 0 Å². The van der Waals surface area contributed by atoms with Crippen LogP contribution in [0.4, 0.5) is 10.5 Å². The van der Waals surface area contributed by atoms with Gasteiger partial charge in [-0.2, -0.15) is 5.26 Å². The number of benzene rings is 1. The number of nitrogens with one attached hydrogen (secondary N) is 2. The molecular weight excluding hydrogens is 270 g/mol. The van der Waals surface area contributed by atoms with Gasteiger partial charge in [-0.05, 0) is 32.9 Å². The quantitative estimate of drug-likeness (QED) is 0.814. The molecule has 1 rings (SSSR count). The number of ether oxygens (including phenoxy) is 2. The zero-order chi connectivity index (χ0) is 15.9. The number of hydrogen-bond acceptors (Lipinski definition) is 5. The molecular formula is C15H21N3O3. The second kappa shape index (κ2) is 7.39. The summed E-state index contributed by atoms with van der Waals surface area (Å²) in [6, 6.07) is 7.18. The zero-order valence-corrected chi connectivity index (χ0v) is 12.8. The van der Waals surface area contributed by atoms with Gasteiger partial charge in [-0.15, -0.1) is 0 Å². The summed E-state index contributed by atoms with van der Waals surface area (Å²) in [6.45, 7) is 6.37. The number of hydrogen-bond donors (Lipinski definition) is 2. The van der Waals surface area contributed by atoms with Crippen LogP contribution in [0.1, 0.15) is 26.3 Å². The van der Waals surface area contributed by atoms with E-state index in [4.69, 9.17) is 14.7 Å². The molecule has 0 radical (unpaired) electrons. The van der Waals surface area contributed by atoms with Crippen LogP contribution in [0.25, 0.3) is 0 Å². The second-order valence-corrected chi connectivity index (χ2v) is 5.38. The lowest BCUT2D eigenvalue weighted by Gasteiger charge is -2.19. The third-order valence-electron chi connectivity index (χ3n) is 2.44. The molecule has 0 spiro atoms. The monoisotopic (exact) mass is 291 g/mol. The zero-order valence-electron chi connectivity index (χ0n) is 12.8. The van der Waals surface area contributed by atoms with Gasteiger partial charge < -0.3 is 20.1 Å². The molecule has 21 heavy (non-hydrogen) atoms. The molecule has 1 aromatic carbocycles. The Hall–Kier alpha value is -2.42. The number of amides is 1. The van der Waals surface area contributed by atoms with Gasteiger partial charge in [0.2, 0.25) is 0 Å². The number of nitriles is 1. The van der Waals surface area contributed by atoms with Crippen molar-refractivity contribution >= 4 is 11.8 Å². The molecule has 0 unspecified atom stereocenters.